The molecule has 1 unspecified atom stereocenters. The minimum Gasteiger partial charge on any atom is -0.354 e. The van der Waals surface area contributed by atoms with E-state index < -0.39 is 0 Å². The van der Waals surface area contributed by atoms with E-state index in [1.165, 1.54) is 11.1 Å². The third-order valence-electron chi connectivity index (χ3n) is 3.46. The molecule has 2 nitrogen and oxygen atoms in total. The Bertz CT molecular complexity index is 471. The topological polar surface area (TPSA) is 17.0 Å². The summed E-state index contributed by atoms with van der Waals surface area (Å²) in [5.74, 6) is 0.618. The van der Waals surface area contributed by atoms with E-state index in [2.05, 4.69) is 65.9 Å². The molecular formula is C16H24N2S. The Hall–Kier alpha value is -1.06. The molecule has 0 aliphatic heterocycles. The molecule has 2 heterocycles. The summed E-state index contributed by atoms with van der Waals surface area (Å²) in [4.78, 5) is 0. The normalized spacial score (nSPS) is 13.1. The molecule has 0 fully saturated rings. The van der Waals surface area contributed by atoms with Gasteiger partial charge in [-0.15, -0.1) is 0 Å². The van der Waals surface area contributed by atoms with Crippen LogP contribution in [-0.2, 0) is 13.0 Å². The zero-order chi connectivity index (χ0) is 13.7. The Labute approximate surface area is 120 Å². The fourth-order valence-corrected chi connectivity index (χ4v) is 3.14. The third kappa shape index (κ3) is 3.95. The first-order chi connectivity index (χ1) is 9.20. The molecule has 19 heavy (non-hydrogen) atoms. The van der Waals surface area contributed by atoms with Crippen molar-refractivity contribution in [2.75, 3.05) is 6.54 Å². The van der Waals surface area contributed by atoms with Gasteiger partial charge < -0.3 is 9.88 Å². The number of nitrogens with one attached hydrogen (secondary N) is 1. The van der Waals surface area contributed by atoms with Crippen LogP contribution in [0.1, 0.15) is 37.9 Å². The van der Waals surface area contributed by atoms with Crippen molar-refractivity contribution in [2.24, 2.45) is 5.92 Å². The lowest BCUT2D eigenvalue weighted by Gasteiger charge is -2.20. The Kier molecular flexibility index (Phi) is 5.23. The van der Waals surface area contributed by atoms with Crippen LogP contribution in [0.3, 0.4) is 0 Å². The predicted octanol–water partition coefficient (Wildman–Crippen LogP) is 4.10. The molecule has 1 atom stereocenters. The van der Waals surface area contributed by atoms with Gasteiger partial charge in [0, 0.05) is 25.0 Å². The molecule has 0 bridgehead atoms. The van der Waals surface area contributed by atoms with Crippen molar-refractivity contribution in [3.63, 3.8) is 0 Å². The van der Waals surface area contributed by atoms with Crippen molar-refractivity contribution in [1.82, 2.24) is 9.88 Å². The highest BCUT2D eigenvalue weighted by molar-refractivity contribution is 7.07. The summed E-state index contributed by atoms with van der Waals surface area (Å²) in [6.07, 6.45) is 5.61. The van der Waals surface area contributed by atoms with Crippen molar-refractivity contribution < 1.29 is 0 Å². The van der Waals surface area contributed by atoms with E-state index in [0.29, 0.717) is 12.0 Å². The SMILES string of the molecule is CCNC(c1ccn(CCc2ccsc2)c1)C(C)C. The maximum atomic E-state index is 3.57. The molecule has 0 amide bonds. The van der Waals surface area contributed by atoms with E-state index in [1.54, 1.807) is 11.3 Å². The maximum absolute atomic E-state index is 3.57. The fraction of sp³-hybridized carbons (Fsp3) is 0.500. The summed E-state index contributed by atoms with van der Waals surface area (Å²) in [5, 5.41) is 7.95. The lowest BCUT2D eigenvalue weighted by Crippen LogP contribution is -2.25. The van der Waals surface area contributed by atoms with Gasteiger partial charge in [-0.2, -0.15) is 11.3 Å². The number of hydrogen-bond acceptors (Lipinski definition) is 2. The summed E-state index contributed by atoms with van der Waals surface area (Å²) in [7, 11) is 0. The van der Waals surface area contributed by atoms with Crippen LogP contribution in [0.2, 0.25) is 0 Å². The third-order valence-corrected chi connectivity index (χ3v) is 4.19. The minimum absolute atomic E-state index is 0.465. The van der Waals surface area contributed by atoms with Gasteiger partial charge in [-0.05, 0) is 52.9 Å². The number of hydrogen-bond donors (Lipinski definition) is 1. The first kappa shape index (κ1) is 14.4. The van der Waals surface area contributed by atoms with Gasteiger partial charge in [-0.25, -0.2) is 0 Å². The molecule has 0 spiro atoms. The Morgan fingerprint density at radius 1 is 1.32 bits per heavy atom. The lowest BCUT2D eigenvalue weighted by molar-refractivity contribution is 0.421. The maximum Gasteiger partial charge on any atom is 0.0358 e. The first-order valence-electron chi connectivity index (χ1n) is 7.10. The van der Waals surface area contributed by atoms with Gasteiger partial charge in [0.2, 0.25) is 0 Å². The van der Waals surface area contributed by atoms with Gasteiger partial charge in [-0.1, -0.05) is 20.8 Å². The molecule has 0 radical (unpaired) electrons. The molecule has 3 heteroatoms. The van der Waals surface area contributed by atoms with Gasteiger partial charge in [0.05, 0.1) is 0 Å². The summed E-state index contributed by atoms with van der Waals surface area (Å²) < 4.78 is 2.31. The Balaban J connectivity index is 1.97. The number of nitrogens with zero attached hydrogens (tertiary/aromatic N) is 1. The average Bonchev–Trinajstić information content (AvgIpc) is 3.04. The van der Waals surface area contributed by atoms with Crippen molar-refractivity contribution in [3.8, 4) is 0 Å². The molecule has 104 valence electrons. The summed E-state index contributed by atoms with van der Waals surface area (Å²) in [6.45, 7) is 8.80. The van der Waals surface area contributed by atoms with Gasteiger partial charge >= 0.3 is 0 Å². The standard InChI is InChI=1S/C16H24N2S/c1-4-17-16(13(2)3)15-6-9-18(11-15)8-5-14-7-10-19-12-14/h6-7,9-13,16-17H,4-5,8H2,1-3H3. The van der Waals surface area contributed by atoms with Crippen LogP contribution in [0.4, 0.5) is 0 Å². The largest absolute Gasteiger partial charge is 0.354 e. The van der Waals surface area contributed by atoms with Crippen LogP contribution in [0, 0.1) is 5.92 Å². The highest BCUT2D eigenvalue weighted by Crippen LogP contribution is 2.22. The van der Waals surface area contributed by atoms with Gasteiger partial charge in [0.1, 0.15) is 0 Å². The van der Waals surface area contributed by atoms with Gasteiger partial charge in [-0.3, -0.25) is 0 Å². The van der Waals surface area contributed by atoms with E-state index >= 15 is 0 Å². The highest BCUT2D eigenvalue weighted by atomic mass is 32.1. The van der Waals surface area contributed by atoms with E-state index in [0.717, 1.165) is 19.5 Å². The second kappa shape index (κ2) is 6.92. The molecule has 0 aliphatic carbocycles. The van der Waals surface area contributed by atoms with Crippen molar-refractivity contribution in [3.05, 3.63) is 46.4 Å². The number of aromatic nitrogens is 1. The van der Waals surface area contributed by atoms with Crippen molar-refractivity contribution >= 4 is 11.3 Å². The second-order valence-electron chi connectivity index (χ2n) is 5.34. The quantitative estimate of drug-likeness (QED) is 0.805. The smallest absolute Gasteiger partial charge is 0.0358 e. The number of rotatable bonds is 7. The molecule has 2 aromatic heterocycles. The summed E-state index contributed by atoms with van der Waals surface area (Å²) >= 11 is 1.78. The number of thiophene rings is 1. The van der Waals surface area contributed by atoms with Crippen LogP contribution in [0.15, 0.2) is 35.3 Å². The van der Waals surface area contributed by atoms with Crippen LogP contribution in [0.25, 0.3) is 0 Å². The zero-order valence-electron chi connectivity index (χ0n) is 12.1. The Morgan fingerprint density at radius 3 is 2.79 bits per heavy atom. The Morgan fingerprint density at radius 2 is 2.16 bits per heavy atom. The second-order valence-corrected chi connectivity index (χ2v) is 6.12. The fourth-order valence-electron chi connectivity index (χ4n) is 2.43. The van der Waals surface area contributed by atoms with Crippen LogP contribution in [0.5, 0.6) is 0 Å². The van der Waals surface area contributed by atoms with E-state index in [-0.39, 0.29) is 0 Å². The number of aryl methyl sites for hydroxylation is 2. The molecule has 2 aromatic rings. The average molecular weight is 276 g/mol. The van der Waals surface area contributed by atoms with E-state index in [1.807, 2.05) is 0 Å². The van der Waals surface area contributed by atoms with Crippen molar-refractivity contribution in [1.29, 1.82) is 0 Å². The highest BCUT2D eigenvalue weighted by Gasteiger charge is 2.15. The molecule has 0 saturated carbocycles. The minimum atomic E-state index is 0.465. The molecular weight excluding hydrogens is 252 g/mol. The first-order valence-corrected chi connectivity index (χ1v) is 8.05. The summed E-state index contributed by atoms with van der Waals surface area (Å²) in [6, 6.07) is 4.93. The van der Waals surface area contributed by atoms with E-state index in [4.69, 9.17) is 0 Å². The molecule has 1 N–H and O–H groups in total. The van der Waals surface area contributed by atoms with Gasteiger partial charge in [0.25, 0.3) is 0 Å². The molecule has 0 saturated heterocycles. The van der Waals surface area contributed by atoms with Crippen LogP contribution < -0.4 is 5.32 Å². The van der Waals surface area contributed by atoms with E-state index in [9.17, 15) is 0 Å². The summed E-state index contributed by atoms with van der Waals surface area (Å²) in [5.41, 5.74) is 2.84. The van der Waals surface area contributed by atoms with Crippen LogP contribution in [-0.4, -0.2) is 11.1 Å². The van der Waals surface area contributed by atoms with Gasteiger partial charge in [0.15, 0.2) is 0 Å². The molecule has 0 aromatic carbocycles. The molecule has 2 rings (SSSR count). The van der Waals surface area contributed by atoms with Crippen LogP contribution >= 0.6 is 11.3 Å². The monoisotopic (exact) mass is 276 g/mol. The predicted molar refractivity (Wildman–Crippen MR) is 83.7 cm³/mol. The van der Waals surface area contributed by atoms with Crippen molar-refractivity contribution in [2.45, 2.75) is 39.8 Å². The zero-order valence-corrected chi connectivity index (χ0v) is 12.9. The molecule has 0 aliphatic rings. The lowest BCUT2D eigenvalue weighted by atomic mass is 9.98.